The van der Waals surface area contributed by atoms with E-state index in [9.17, 15) is 19.4 Å². The van der Waals surface area contributed by atoms with Crippen LogP contribution in [0.1, 0.15) is 78.0 Å². The van der Waals surface area contributed by atoms with Crippen LogP contribution in [0.3, 0.4) is 0 Å². The molecular formula is C33H44N7O8P. The highest BCUT2D eigenvalue weighted by atomic mass is 31.2. The predicted molar refractivity (Wildman–Crippen MR) is 178 cm³/mol. The molecule has 15 nitrogen and oxygen atoms in total. The number of hydrogen-bond acceptors (Lipinski definition) is 12. The topological polar surface area (TPSA) is 201 Å². The van der Waals surface area contributed by atoms with Crippen LogP contribution in [0, 0.1) is 17.2 Å². The molecule has 4 N–H and O–H groups in total. The second-order valence-electron chi connectivity index (χ2n) is 13.5. The summed E-state index contributed by atoms with van der Waals surface area (Å²) < 4.78 is 44.5. The normalized spacial score (nSPS) is 24.3. The van der Waals surface area contributed by atoms with E-state index in [2.05, 4.69) is 26.6 Å². The molecule has 1 unspecified atom stereocenters. The predicted octanol–water partition coefficient (Wildman–Crippen LogP) is 5.23. The Morgan fingerprint density at radius 3 is 2.59 bits per heavy atom. The van der Waals surface area contributed by atoms with Gasteiger partial charge in [0.05, 0.1) is 12.3 Å². The molecule has 264 valence electrons. The Morgan fingerprint density at radius 1 is 1.16 bits per heavy atom. The van der Waals surface area contributed by atoms with Crippen LogP contribution in [0.15, 0.2) is 48.8 Å². The van der Waals surface area contributed by atoms with Crippen LogP contribution in [0.4, 0.5) is 10.6 Å². The van der Waals surface area contributed by atoms with Crippen molar-refractivity contribution in [1.29, 1.82) is 5.26 Å². The molecule has 5 rings (SSSR count). The summed E-state index contributed by atoms with van der Waals surface area (Å²) in [5, 5.41) is 20.0. The molecule has 0 bridgehead atoms. The zero-order chi connectivity index (χ0) is 35.2. The fourth-order valence-corrected chi connectivity index (χ4v) is 7.40. The Hall–Kier alpha value is -4.22. The van der Waals surface area contributed by atoms with Crippen molar-refractivity contribution in [2.24, 2.45) is 5.92 Å². The van der Waals surface area contributed by atoms with Gasteiger partial charge < -0.3 is 29.8 Å². The first-order chi connectivity index (χ1) is 23.3. The van der Waals surface area contributed by atoms with Gasteiger partial charge in [-0.3, -0.25) is 9.32 Å². The first kappa shape index (κ1) is 36.1. The summed E-state index contributed by atoms with van der Waals surface area (Å²) in [5.74, 6) is 0.0266. The number of hydrogen-bond donors (Lipinski definition) is 3. The lowest BCUT2D eigenvalue weighted by atomic mass is 9.86. The lowest BCUT2D eigenvalue weighted by molar-refractivity contribution is -0.147. The van der Waals surface area contributed by atoms with E-state index in [0.717, 1.165) is 25.7 Å². The van der Waals surface area contributed by atoms with E-state index < -0.39 is 49.8 Å². The summed E-state index contributed by atoms with van der Waals surface area (Å²) in [5.41, 5.74) is 5.25. The molecule has 16 heteroatoms. The molecule has 2 fully saturated rings. The molecule has 1 aliphatic heterocycles. The fraction of sp³-hybridized carbons (Fsp3) is 0.545. The Kier molecular flexibility index (Phi) is 11.1. The Balaban J connectivity index is 1.17. The van der Waals surface area contributed by atoms with Gasteiger partial charge in [0.2, 0.25) is 0 Å². The number of nitrogens with one attached hydrogen (secondary N) is 2. The number of nitrogens with zero attached hydrogens (tertiary/aromatic N) is 4. The van der Waals surface area contributed by atoms with E-state index in [4.69, 9.17) is 29.0 Å². The Labute approximate surface area is 285 Å². The molecule has 49 heavy (non-hydrogen) atoms. The molecule has 3 aromatic rings. The molecule has 2 aromatic heterocycles. The monoisotopic (exact) mass is 697 g/mol. The first-order valence-corrected chi connectivity index (χ1v) is 17.9. The molecule has 1 aromatic carbocycles. The lowest BCUT2D eigenvalue weighted by Gasteiger charge is -2.30. The van der Waals surface area contributed by atoms with E-state index >= 15 is 0 Å². The third kappa shape index (κ3) is 9.48. The summed E-state index contributed by atoms with van der Waals surface area (Å²) in [6.07, 6.45) is 4.10. The second-order valence-corrected chi connectivity index (χ2v) is 15.2. The van der Waals surface area contributed by atoms with Gasteiger partial charge in [-0.05, 0) is 96.4 Å². The van der Waals surface area contributed by atoms with Crippen LogP contribution < -0.4 is 20.7 Å². The highest BCUT2D eigenvalue weighted by Crippen LogP contribution is 2.48. The number of ether oxygens (including phenoxy) is 3. The molecule has 2 aliphatic rings. The van der Waals surface area contributed by atoms with Crippen LogP contribution >= 0.6 is 7.75 Å². The summed E-state index contributed by atoms with van der Waals surface area (Å²) in [7, 11) is -4.25. The van der Waals surface area contributed by atoms with Crippen LogP contribution in [-0.2, 0) is 28.1 Å². The van der Waals surface area contributed by atoms with Crippen LogP contribution in [0.5, 0.6) is 5.75 Å². The third-order valence-corrected chi connectivity index (χ3v) is 10.0. The van der Waals surface area contributed by atoms with Gasteiger partial charge in [-0.2, -0.15) is 15.4 Å². The fourth-order valence-electron chi connectivity index (χ4n) is 5.86. The number of esters is 1. The maximum absolute atomic E-state index is 14.1. The van der Waals surface area contributed by atoms with Crippen molar-refractivity contribution in [2.75, 3.05) is 18.9 Å². The minimum absolute atomic E-state index is 0.00747. The molecule has 1 saturated carbocycles. The average molecular weight is 698 g/mol. The minimum Gasteiger partial charge on any atom is -0.464 e. The first-order valence-electron chi connectivity index (χ1n) is 16.4. The van der Waals surface area contributed by atoms with Crippen molar-refractivity contribution >= 4 is 31.1 Å². The largest absolute Gasteiger partial charge is 0.464 e. The SMILES string of the molecule is C[C@H](NP(=O)(OC[C@]1(C#N)CC[C@H](c2ccc3c(N)ncnn23)O1)Oc1ccccc1)C(=O)OC[C@H]1CC[C@H](NC(=O)OC(C)(C)C)CC1. The molecule has 1 amide bonds. The summed E-state index contributed by atoms with van der Waals surface area (Å²) >= 11 is 0. The van der Waals surface area contributed by atoms with Gasteiger partial charge in [0.15, 0.2) is 11.4 Å². The average Bonchev–Trinajstić information content (AvgIpc) is 3.69. The lowest BCUT2D eigenvalue weighted by Crippen LogP contribution is -2.41. The Bertz CT molecular complexity index is 1700. The van der Waals surface area contributed by atoms with Crippen LogP contribution in [0.25, 0.3) is 5.52 Å². The number of amides is 1. The summed E-state index contributed by atoms with van der Waals surface area (Å²) in [4.78, 5) is 29.2. The zero-order valence-corrected chi connectivity index (χ0v) is 29.1. The number of nitrogens with two attached hydrogens (primary N) is 1. The van der Waals surface area contributed by atoms with Gasteiger partial charge in [0, 0.05) is 6.04 Å². The van der Waals surface area contributed by atoms with Crippen molar-refractivity contribution in [3.63, 3.8) is 0 Å². The molecule has 0 spiro atoms. The van der Waals surface area contributed by atoms with E-state index in [0.29, 0.717) is 23.4 Å². The van der Waals surface area contributed by atoms with Crippen LogP contribution in [0.2, 0.25) is 0 Å². The van der Waals surface area contributed by atoms with Gasteiger partial charge in [-0.15, -0.1) is 0 Å². The van der Waals surface area contributed by atoms with Gasteiger partial charge in [-0.25, -0.2) is 18.9 Å². The zero-order valence-electron chi connectivity index (χ0n) is 28.2. The Morgan fingerprint density at radius 2 is 1.90 bits per heavy atom. The number of para-hydroxylation sites is 1. The molecule has 4 atom stereocenters. The number of fused-ring (bicyclic) bond motifs is 1. The number of carbonyl (C=O) groups excluding carboxylic acids is 2. The molecule has 3 heterocycles. The van der Waals surface area contributed by atoms with Crippen molar-refractivity contribution in [3.05, 3.63) is 54.5 Å². The number of carbonyl (C=O) groups is 2. The molecule has 0 radical (unpaired) electrons. The van der Waals surface area contributed by atoms with Crippen molar-refractivity contribution < 1.29 is 37.4 Å². The highest BCUT2D eigenvalue weighted by molar-refractivity contribution is 7.52. The molecule has 1 aliphatic carbocycles. The minimum atomic E-state index is -4.25. The van der Waals surface area contributed by atoms with Crippen molar-refractivity contribution in [2.45, 2.75) is 95.6 Å². The number of nitriles is 1. The number of rotatable bonds is 12. The molecular weight excluding hydrogens is 653 g/mol. The van der Waals surface area contributed by atoms with Gasteiger partial charge >= 0.3 is 19.8 Å². The molecule has 1 saturated heterocycles. The van der Waals surface area contributed by atoms with Crippen LogP contribution in [-0.4, -0.2) is 63.2 Å². The number of anilines is 1. The van der Waals surface area contributed by atoms with Gasteiger partial charge in [-0.1, -0.05) is 18.2 Å². The number of aromatic nitrogens is 3. The number of benzene rings is 1. The van der Waals surface area contributed by atoms with E-state index in [1.54, 1.807) is 40.9 Å². The summed E-state index contributed by atoms with van der Waals surface area (Å²) in [6.45, 7) is 6.72. The quantitative estimate of drug-likeness (QED) is 0.164. The second kappa shape index (κ2) is 15.1. The van der Waals surface area contributed by atoms with E-state index in [1.165, 1.54) is 13.3 Å². The van der Waals surface area contributed by atoms with E-state index in [1.807, 2.05) is 26.8 Å². The van der Waals surface area contributed by atoms with E-state index in [-0.39, 0.29) is 30.7 Å². The van der Waals surface area contributed by atoms with Crippen molar-refractivity contribution in [3.8, 4) is 11.8 Å². The van der Waals surface area contributed by atoms with Gasteiger partial charge in [0.25, 0.3) is 0 Å². The van der Waals surface area contributed by atoms with Gasteiger partial charge in [0.1, 0.15) is 48.0 Å². The smallest absolute Gasteiger partial charge is 0.459 e. The number of alkyl carbamates (subject to hydrolysis) is 1. The van der Waals surface area contributed by atoms with Crippen molar-refractivity contribution in [1.82, 2.24) is 25.0 Å². The standard InChI is InChI=1S/C33H44N7O8P/c1-22(30(41)44-18-23-10-12-24(13-11-23)38-31(42)47-32(2,3)4)39-49(43,48-25-8-6-5-7-9-25)45-20-33(19-34)17-16-28(46-33)26-14-15-27-29(35)36-21-37-40(26)27/h5-9,14-15,21-24,28H,10-13,16-18,20H2,1-4H3,(H,38,42)(H,39,43)(H2,35,36,37)/t22-,23-,24-,28+,33+,49?/m0/s1. The maximum atomic E-state index is 14.1. The summed E-state index contributed by atoms with van der Waals surface area (Å²) in [6, 6.07) is 13.1. The highest BCUT2D eigenvalue weighted by Gasteiger charge is 2.45. The third-order valence-electron chi connectivity index (χ3n) is 8.39. The number of nitrogen functional groups attached to an aromatic ring is 1. The maximum Gasteiger partial charge on any atom is 0.459 e.